The molecule has 0 aromatic heterocycles. The lowest BCUT2D eigenvalue weighted by atomic mass is 9.94. The van der Waals surface area contributed by atoms with Crippen molar-refractivity contribution in [1.82, 2.24) is 15.5 Å². The summed E-state index contributed by atoms with van der Waals surface area (Å²) in [6, 6.07) is 5.29. The number of benzene rings is 1. The highest BCUT2D eigenvalue weighted by Gasteiger charge is 2.42. The first kappa shape index (κ1) is 30.4. The fourth-order valence-electron chi connectivity index (χ4n) is 3.83. The minimum Gasteiger partial charge on any atom is -0.444 e. The number of carbonyl (C=O) groups is 3. The number of nitrogens with one attached hydrogen (secondary N) is 2. The van der Waals surface area contributed by atoms with Crippen molar-refractivity contribution < 1.29 is 24.2 Å². The maximum atomic E-state index is 13.8. The number of aryl methyl sites for hydroxylation is 1. The maximum Gasteiger partial charge on any atom is 0.408 e. The van der Waals surface area contributed by atoms with Crippen LogP contribution in [0.15, 0.2) is 24.3 Å². The molecule has 1 aromatic rings. The second-order valence-corrected chi connectivity index (χ2v) is 11.0. The van der Waals surface area contributed by atoms with Gasteiger partial charge in [-0.2, -0.15) is 0 Å². The lowest BCUT2D eigenvalue weighted by Crippen LogP contribution is -2.59. The summed E-state index contributed by atoms with van der Waals surface area (Å²) in [6.45, 7) is 16.0. The van der Waals surface area contributed by atoms with Gasteiger partial charge in [0, 0.05) is 11.6 Å². The van der Waals surface area contributed by atoms with Crippen LogP contribution in [0.5, 0.6) is 0 Å². The normalized spacial score (nSPS) is 14.5. The molecule has 8 heteroatoms. The zero-order chi connectivity index (χ0) is 27.0. The van der Waals surface area contributed by atoms with Crippen molar-refractivity contribution in [2.24, 2.45) is 0 Å². The number of aliphatic hydroxyl groups excluding tert-OH is 1. The summed E-state index contributed by atoms with van der Waals surface area (Å²) in [4.78, 5) is 41.2. The van der Waals surface area contributed by atoms with E-state index < -0.39 is 41.8 Å². The van der Waals surface area contributed by atoms with Crippen molar-refractivity contribution in [2.45, 2.75) is 111 Å². The van der Waals surface area contributed by atoms with Crippen LogP contribution < -0.4 is 10.6 Å². The average Bonchev–Trinajstić information content (AvgIpc) is 2.73. The molecular formula is C27H45N3O5. The molecule has 3 amide bonds. The van der Waals surface area contributed by atoms with E-state index in [0.29, 0.717) is 5.56 Å². The minimum atomic E-state index is -1.28. The number of hydrogen-bond donors (Lipinski definition) is 3. The molecule has 8 nitrogen and oxygen atoms in total. The van der Waals surface area contributed by atoms with Crippen LogP contribution in [0, 0.1) is 0 Å². The van der Waals surface area contributed by atoms with E-state index in [-0.39, 0.29) is 11.9 Å². The van der Waals surface area contributed by atoms with Gasteiger partial charge in [0.05, 0.1) is 6.61 Å². The van der Waals surface area contributed by atoms with Gasteiger partial charge in [0.2, 0.25) is 11.8 Å². The summed E-state index contributed by atoms with van der Waals surface area (Å²) in [5, 5.41) is 15.5. The van der Waals surface area contributed by atoms with Crippen LogP contribution in [0.1, 0.15) is 92.3 Å². The highest BCUT2D eigenvalue weighted by atomic mass is 16.6. The molecule has 1 rings (SSSR count). The van der Waals surface area contributed by atoms with Crippen LogP contribution in [-0.2, 0) is 20.7 Å². The first-order valence-electron chi connectivity index (χ1n) is 12.5. The van der Waals surface area contributed by atoms with E-state index in [2.05, 4.69) is 10.6 Å². The Balaban J connectivity index is 3.47. The Hall–Kier alpha value is -2.61. The molecule has 1 aromatic carbocycles. The summed E-state index contributed by atoms with van der Waals surface area (Å²) in [6.07, 6.45) is 1.74. The third kappa shape index (κ3) is 9.51. The fourth-order valence-corrected chi connectivity index (χ4v) is 3.83. The summed E-state index contributed by atoms with van der Waals surface area (Å²) in [5.41, 5.74) is 0.191. The van der Waals surface area contributed by atoms with Crippen LogP contribution in [0.4, 0.5) is 4.79 Å². The van der Waals surface area contributed by atoms with E-state index in [9.17, 15) is 19.5 Å². The van der Waals surface area contributed by atoms with Gasteiger partial charge in [-0.25, -0.2) is 4.79 Å². The molecule has 0 saturated heterocycles. The number of ether oxygens (including phenoxy) is 1. The van der Waals surface area contributed by atoms with Gasteiger partial charge in [0.1, 0.15) is 17.7 Å². The van der Waals surface area contributed by atoms with Gasteiger partial charge in [-0.15, -0.1) is 0 Å². The van der Waals surface area contributed by atoms with Crippen molar-refractivity contribution >= 4 is 17.9 Å². The largest absolute Gasteiger partial charge is 0.444 e. The number of alkyl carbamates (subject to hydrolysis) is 1. The van der Waals surface area contributed by atoms with Gasteiger partial charge in [-0.1, -0.05) is 44.5 Å². The molecule has 35 heavy (non-hydrogen) atoms. The predicted molar refractivity (Wildman–Crippen MR) is 138 cm³/mol. The highest BCUT2D eigenvalue weighted by Crippen LogP contribution is 2.30. The van der Waals surface area contributed by atoms with E-state index in [1.807, 2.05) is 65.8 Å². The molecule has 0 aliphatic carbocycles. The topological polar surface area (TPSA) is 108 Å². The molecule has 0 aliphatic heterocycles. The Bertz CT molecular complexity index is 840. The SMILES string of the molecule is CCCC(C)NC(=O)C(c1ccc(CC)cc1)N(C(=O)C(CO)NC(=O)OC(C)(C)C)C(C)(C)C. The number of amides is 3. The minimum absolute atomic E-state index is 0.0737. The van der Waals surface area contributed by atoms with E-state index in [1.54, 1.807) is 20.8 Å². The molecule has 3 atom stereocenters. The second kappa shape index (κ2) is 12.9. The van der Waals surface area contributed by atoms with Crippen LogP contribution in [-0.4, -0.2) is 57.7 Å². The van der Waals surface area contributed by atoms with Crippen molar-refractivity contribution in [3.63, 3.8) is 0 Å². The van der Waals surface area contributed by atoms with Crippen LogP contribution >= 0.6 is 0 Å². The Morgan fingerprint density at radius 1 is 1.00 bits per heavy atom. The number of nitrogens with zero attached hydrogens (tertiary/aromatic N) is 1. The standard InChI is InChI=1S/C27H45N3O5/c1-10-12-18(3)28-23(32)22(20-15-13-19(11-2)14-16-20)30(26(4,5)6)24(33)21(17-31)29-25(34)35-27(7,8)9/h13-16,18,21-22,31H,10-12,17H2,1-9H3,(H,28,32)(H,29,34). The molecule has 3 N–H and O–H groups in total. The lowest BCUT2D eigenvalue weighted by molar-refractivity contribution is -0.149. The molecule has 0 radical (unpaired) electrons. The number of hydrogen-bond acceptors (Lipinski definition) is 5. The summed E-state index contributed by atoms with van der Waals surface area (Å²) < 4.78 is 5.27. The quantitative estimate of drug-likeness (QED) is 0.457. The average molecular weight is 492 g/mol. The second-order valence-electron chi connectivity index (χ2n) is 11.0. The Morgan fingerprint density at radius 3 is 2.00 bits per heavy atom. The summed E-state index contributed by atoms with van der Waals surface area (Å²) in [5.74, 6) is -0.888. The third-order valence-corrected chi connectivity index (χ3v) is 5.45. The van der Waals surface area contributed by atoms with Gasteiger partial charge in [-0.3, -0.25) is 9.59 Å². The molecule has 198 valence electrons. The highest BCUT2D eigenvalue weighted by molar-refractivity contribution is 5.92. The molecule has 0 saturated carbocycles. The number of carbonyl (C=O) groups excluding carboxylic acids is 3. The van der Waals surface area contributed by atoms with Crippen LogP contribution in [0.3, 0.4) is 0 Å². The third-order valence-electron chi connectivity index (χ3n) is 5.45. The van der Waals surface area contributed by atoms with E-state index in [4.69, 9.17) is 4.74 Å². The van der Waals surface area contributed by atoms with Crippen LogP contribution in [0.2, 0.25) is 0 Å². The van der Waals surface area contributed by atoms with E-state index in [0.717, 1.165) is 24.8 Å². The van der Waals surface area contributed by atoms with E-state index >= 15 is 0 Å². The number of rotatable bonds is 10. The molecule has 3 unspecified atom stereocenters. The molecule has 0 aliphatic rings. The summed E-state index contributed by atoms with van der Waals surface area (Å²) >= 11 is 0. The smallest absolute Gasteiger partial charge is 0.408 e. The zero-order valence-corrected chi connectivity index (χ0v) is 22.9. The predicted octanol–water partition coefficient (Wildman–Crippen LogP) is 4.11. The number of aliphatic hydroxyl groups is 1. The van der Waals surface area contributed by atoms with Gasteiger partial charge in [-0.05, 0) is 72.4 Å². The monoisotopic (exact) mass is 491 g/mol. The molecule has 0 fully saturated rings. The Kier molecular flexibility index (Phi) is 11.2. The van der Waals surface area contributed by atoms with Crippen molar-refractivity contribution in [2.75, 3.05) is 6.61 Å². The van der Waals surface area contributed by atoms with Gasteiger partial charge >= 0.3 is 6.09 Å². The molecule has 0 bridgehead atoms. The molecule has 0 spiro atoms. The fraction of sp³-hybridized carbons (Fsp3) is 0.667. The summed E-state index contributed by atoms with van der Waals surface area (Å²) in [7, 11) is 0. The maximum absolute atomic E-state index is 13.8. The molecule has 0 heterocycles. The van der Waals surface area contributed by atoms with Crippen molar-refractivity contribution in [3.05, 3.63) is 35.4 Å². The Morgan fingerprint density at radius 2 is 1.57 bits per heavy atom. The van der Waals surface area contributed by atoms with Crippen molar-refractivity contribution in [1.29, 1.82) is 0 Å². The van der Waals surface area contributed by atoms with E-state index in [1.165, 1.54) is 4.90 Å². The van der Waals surface area contributed by atoms with Gasteiger partial charge in [0.25, 0.3) is 0 Å². The lowest BCUT2D eigenvalue weighted by Gasteiger charge is -2.43. The van der Waals surface area contributed by atoms with Gasteiger partial charge < -0.3 is 25.4 Å². The van der Waals surface area contributed by atoms with Gasteiger partial charge in [0.15, 0.2) is 0 Å². The first-order chi connectivity index (χ1) is 16.1. The molecular weight excluding hydrogens is 446 g/mol. The van der Waals surface area contributed by atoms with Crippen LogP contribution in [0.25, 0.3) is 0 Å². The van der Waals surface area contributed by atoms with Crippen molar-refractivity contribution in [3.8, 4) is 0 Å². The Labute approximate surface area is 210 Å². The zero-order valence-electron chi connectivity index (χ0n) is 22.9. The first-order valence-corrected chi connectivity index (χ1v) is 12.5.